The van der Waals surface area contributed by atoms with E-state index in [1.165, 1.54) is 29.2 Å². The highest BCUT2D eigenvalue weighted by Crippen LogP contribution is 2.33. The number of nitrogens with zero attached hydrogens (tertiary/aromatic N) is 7. The normalized spacial score (nSPS) is 13.4. The van der Waals surface area contributed by atoms with Gasteiger partial charge in [0.05, 0.1) is 40.8 Å². The number of hydrogen-bond acceptors (Lipinski definition) is 13. The summed E-state index contributed by atoms with van der Waals surface area (Å²) in [6, 6.07) is 15.8. The van der Waals surface area contributed by atoms with Gasteiger partial charge in [-0.2, -0.15) is 10.2 Å². The van der Waals surface area contributed by atoms with Crippen molar-refractivity contribution in [3.05, 3.63) is 64.7 Å². The Morgan fingerprint density at radius 3 is 2.41 bits per heavy atom. The predicted octanol–water partition coefficient (Wildman–Crippen LogP) is 8.19. The number of hydrogen-bond donors (Lipinski definition) is 2. The van der Waals surface area contributed by atoms with Crippen molar-refractivity contribution in [1.29, 1.82) is 0 Å². The quantitative estimate of drug-likeness (QED) is 0.102. The second-order valence-electron chi connectivity index (χ2n) is 9.41. The zero-order valence-electron chi connectivity index (χ0n) is 23.1. The second kappa shape index (κ2) is 13.4. The molecule has 5 rings (SSSR count). The van der Waals surface area contributed by atoms with Crippen molar-refractivity contribution in [2.75, 3.05) is 35.4 Å². The molecule has 1 fully saturated rings. The van der Waals surface area contributed by atoms with Crippen LogP contribution < -0.4 is 15.8 Å². The molecule has 0 bridgehead atoms. The van der Waals surface area contributed by atoms with Crippen LogP contribution in [0.4, 0.5) is 37.9 Å². The van der Waals surface area contributed by atoms with Crippen molar-refractivity contribution >= 4 is 66.5 Å². The first-order valence-corrected chi connectivity index (χ1v) is 15.0. The Hall–Kier alpha value is -4.23. The molecule has 11 nitrogen and oxygen atoms in total. The molecule has 0 amide bonds. The molecule has 2 aromatic carbocycles. The Kier molecular flexibility index (Phi) is 9.26. The third kappa shape index (κ3) is 7.70. The van der Waals surface area contributed by atoms with Gasteiger partial charge in [-0.15, -0.1) is 20.4 Å². The van der Waals surface area contributed by atoms with Gasteiger partial charge in [0.2, 0.25) is 0 Å². The van der Waals surface area contributed by atoms with Gasteiger partial charge in [-0.05, 0) is 93.3 Å². The third-order valence-corrected chi connectivity index (χ3v) is 8.16. The number of nitrogens with one attached hydrogen (secondary N) is 2. The van der Waals surface area contributed by atoms with E-state index < -0.39 is 0 Å². The van der Waals surface area contributed by atoms with Crippen molar-refractivity contribution < 1.29 is 9.53 Å². The summed E-state index contributed by atoms with van der Waals surface area (Å²) in [4.78, 5) is 14.0. The summed E-state index contributed by atoms with van der Waals surface area (Å²) in [7, 11) is 0. The summed E-state index contributed by atoms with van der Waals surface area (Å²) in [6.45, 7) is 8.32. The second-order valence-corrected chi connectivity index (χ2v) is 11.5. The number of anilines is 3. The summed E-state index contributed by atoms with van der Waals surface area (Å²) < 4.78 is 4.93. The molecular weight excluding hydrogens is 559 g/mol. The molecule has 0 saturated carbocycles. The molecule has 4 aromatic rings. The van der Waals surface area contributed by atoms with Crippen molar-refractivity contribution in [3.8, 4) is 0 Å². The van der Waals surface area contributed by atoms with E-state index in [9.17, 15) is 4.79 Å². The minimum Gasteiger partial charge on any atom is -0.466 e. The third-order valence-electron chi connectivity index (χ3n) is 6.29. The standard InChI is InChI=1S/C28H31N9O2S2/c1-4-39-27(38)17-25-34-36-28(41-25)35-32-23-10-7-20(15-19(23)3)29-31-22-9-8-21(16-18(22)2)30-33-24-11-12-26(40-24)37-13-5-6-14-37/h7-12,15-16,30,33H,4-6,13-14,17H2,1-3H3/b31-29+,35-32+. The largest absolute Gasteiger partial charge is 0.466 e. The lowest BCUT2D eigenvalue weighted by Crippen LogP contribution is -2.15. The maximum atomic E-state index is 11.6. The summed E-state index contributed by atoms with van der Waals surface area (Å²) in [6.07, 6.45) is 2.62. The zero-order valence-corrected chi connectivity index (χ0v) is 24.8. The first kappa shape index (κ1) is 28.3. The highest BCUT2D eigenvalue weighted by molar-refractivity contribution is 7.20. The van der Waals surface area contributed by atoms with Crippen LogP contribution in [-0.2, 0) is 16.0 Å². The number of benzene rings is 2. The van der Waals surface area contributed by atoms with Crippen LogP contribution in [-0.4, -0.2) is 35.9 Å². The fourth-order valence-corrected chi connectivity index (χ4v) is 5.75. The van der Waals surface area contributed by atoms with Crippen LogP contribution in [0.3, 0.4) is 0 Å². The molecule has 0 radical (unpaired) electrons. The van der Waals surface area contributed by atoms with Crippen LogP contribution >= 0.6 is 22.7 Å². The van der Waals surface area contributed by atoms with E-state index in [-0.39, 0.29) is 12.4 Å². The van der Waals surface area contributed by atoms with Crippen molar-refractivity contribution in [3.63, 3.8) is 0 Å². The SMILES string of the molecule is CCOC(=O)Cc1nnc(/N=N/c2ccc(/N=N/c3ccc(NNc4ccc(N5CCCC5)s4)cc3C)cc2C)s1. The van der Waals surface area contributed by atoms with Crippen molar-refractivity contribution in [1.82, 2.24) is 10.2 Å². The van der Waals surface area contributed by atoms with E-state index in [1.807, 2.05) is 50.2 Å². The van der Waals surface area contributed by atoms with Gasteiger partial charge >= 0.3 is 5.97 Å². The highest BCUT2D eigenvalue weighted by atomic mass is 32.1. The van der Waals surface area contributed by atoms with E-state index in [1.54, 1.807) is 18.3 Å². The minimum atomic E-state index is -0.340. The fourth-order valence-electron chi connectivity index (χ4n) is 4.20. The van der Waals surface area contributed by atoms with Crippen LogP contribution in [0.25, 0.3) is 0 Å². The fraction of sp³-hybridized carbons (Fsp3) is 0.321. The van der Waals surface area contributed by atoms with Crippen LogP contribution in [0.2, 0.25) is 0 Å². The summed E-state index contributed by atoms with van der Waals surface area (Å²) in [5.74, 6) is -0.340. The number of hydrazine groups is 1. The van der Waals surface area contributed by atoms with Gasteiger partial charge in [-0.3, -0.25) is 10.2 Å². The molecule has 13 heteroatoms. The van der Waals surface area contributed by atoms with E-state index in [4.69, 9.17) is 4.74 Å². The highest BCUT2D eigenvalue weighted by Gasteiger charge is 2.14. The van der Waals surface area contributed by atoms with Crippen molar-refractivity contribution in [2.45, 2.75) is 40.0 Å². The lowest BCUT2D eigenvalue weighted by molar-refractivity contribution is -0.142. The van der Waals surface area contributed by atoms with Crippen LogP contribution in [0.15, 0.2) is 69.0 Å². The molecule has 2 aromatic heterocycles. The van der Waals surface area contributed by atoms with Gasteiger partial charge < -0.3 is 15.1 Å². The predicted molar refractivity (Wildman–Crippen MR) is 164 cm³/mol. The molecule has 0 spiro atoms. The number of thiophene rings is 1. The monoisotopic (exact) mass is 589 g/mol. The van der Waals surface area contributed by atoms with Gasteiger partial charge in [-0.25, -0.2) is 0 Å². The number of azo groups is 2. The lowest BCUT2D eigenvalue weighted by atomic mass is 10.2. The van der Waals surface area contributed by atoms with E-state index in [0.29, 0.717) is 28.1 Å². The average molecular weight is 590 g/mol. The van der Waals surface area contributed by atoms with Crippen LogP contribution in [0.1, 0.15) is 35.9 Å². The number of carbonyl (C=O) groups is 1. The molecule has 0 atom stereocenters. The maximum Gasteiger partial charge on any atom is 0.312 e. The van der Waals surface area contributed by atoms with Crippen molar-refractivity contribution in [2.24, 2.45) is 20.5 Å². The first-order chi connectivity index (χ1) is 20.0. The molecular formula is C28H31N9O2S2. The molecule has 1 aliphatic rings. The van der Waals surface area contributed by atoms with Crippen LogP contribution in [0, 0.1) is 13.8 Å². The Morgan fingerprint density at radius 1 is 0.902 bits per heavy atom. The number of carbonyl (C=O) groups excluding carboxylic acids is 1. The molecule has 0 unspecified atom stereocenters. The minimum absolute atomic E-state index is 0.0736. The molecule has 41 heavy (non-hydrogen) atoms. The first-order valence-electron chi connectivity index (χ1n) is 13.4. The summed E-state index contributed by atoms with van der Waals surface area (Å²) in [5.41, 5.74) is 11.6. The molecule has 212 valence electrons. The molecule has 3 heterocycles. The Bertz CT molecular complexity index is 1560. The smallest absolute Gasteiger partial charge is 0.312 e. The summed E-state index contributed by atoms with van der Waals surface area (Å²) >= 11 is 2.96. The number of rotatable bonds is 11. The molecule has 0 aliphatic carbocycles. The average Bonchev–Trinajstić information content (AvgIpc) is 3.73. The van der Waals surface area contributed by atoms with Gasteiger partial charge in [0, 0.05) is 13.1 Å². The molecule has 1 aliphatic heterocycles. The van der Waals surface area contributed by atoms with Gasteiger partial charge in [-0.1, -0.05) is 22.7 Å². The Labute approximate surface area is 246 Å². The summed E-state index contributed by atoms with van der Waals surface area (Å²) in [5, 5.41) is 28.5. The van der Waals surface area contributed by atoms with Crippen LogP contribution in [0.5, 0.6) is 0 Å². The number of esters is 1. The number of aromatic nitrogens is 2. The lowest BCUT2D eigenvalue weighted by Gasteiger charge is -2.14. The van der Waals surface area contributed by atoms with Gasteiger partial charge in [0.25, 0.3) is 5.13 Å². The Balaban J connectivity index is 1.16. The Morgan fingerprint density at radius 2 is 1.66 bits per heavy atom. The zero-order chi connectivity index (χ0) is 28.6. The topological polar surface area (TPSA) is 129 Å². The van der Waals surface area contributed by atoms with E-state index >= 15 is 0 Å². The van der Waals surface area contributed by atoms with E-state index in [0.717, 1.165) is 40.6 Å². The van der Waals surface area contributed by atoms with E-state index in [2.05, 4.69) is 58.5 Å². The number of aryl methyl sites for hydroxylation is 2. The number of ether oxygens (including phenoxy) is 1. The molecule has 2 N–H and O–H groups in total. The maximum absolute atomic E-state index is 11.6. The van der Waals surface area contributed by atoms with Gasteiger partial charge in [0.15, 0.2) is 0 Å². The van der Waals surface area contributed by atoms with Gasteiger partial charge in [0.1, 0.15) is 10.0 Å². The molecule has 1 saturated heterocycles.